The highest BCUT2D eigenvalue weighted by Crippen LogP contribution is 2.46. The number of halogens is 2. The van der Waals surface area contributed by atoms with Gasteiger partial charge in [-0.25, -0.2) is 8.78 Å². The van der Waals surface area contributed by atoms with E-state index in [1.807, 2.05) is 59.5 Å². The van der Waals surface area contributed by atoms with Gasteiger partial charge in [-0.1, -0.05) is 66.7 Å². The Bertz CT molecular complexity index is 1290. The van der Waals surface area contributed by atoms with Gasteiger partial charge in [0.05, 0.1) is 12.0 Å². The Morgan fingerprint density at radius 3 is 1.97 bits per heavy atom. The van der Waals surface area contributed by atoms with Crippen LogP contribution >= 0.6 is 0 Å². The molecule has 0 bridgehead atoms. The molecule has 5 rings (SSSR count). The molecule has 0 saturated carbocycles. The number of amides is 1. The number of β-lactam (4-membered cyclic amide) rings is 1. The molecular weight excluding hydrogens is 456 g/mol. The first-order chi connectivity index (χ1) is 17.6. The first-order valence-electron chi connectivity index (χ1n) is 12.2. The van der Waals surface area contributed by atoms with E-state index in [4.69, 9.17) is 4.74 Å². The molecule has 1 aliphatic rings. The maximum atomic E-state index is 13.5. The molecule has 5 heteroatoms. The predicted octanol–water partition coefficient (Wildman–Crippen LogP) is 6.84. The quantitative estimate of drug-likeness (QED) is 0.244. The van der Waals surface area contributed by atoms with Crippen LogP contribution in [0.25, 0.3) is 0 Å². The summed E-state index contributed by atoms with van der Waals surface area (Å²) < 4.78 is 32.6. The standard InChI is InChI=1S/C31H27F2NO2/c32-26-14-8-22(9-15-26)7-4-20-34-30(29(31(34)35)24-10-16-27(33)17-11-24)25-12-18-28(19-13-25)36-21-23-5-2-1-3-6-23/h1-3,5-6,8-19,29-30H,4,7,20-21H2. The highest BCUT2D eigenvalue weighted by molar-refractivity contribution is 5.91. The molecule has 0 aromatic heterocycles. The van der Waals surface area contributed by atoms with Crippen LogP contribution in [0, 0.1) is 11.6 Å². The number of carbonyl (C=O) groups is 1. The van der Waals surface area contributed by atoms with Gasteiger partial charge in [-0.15, -0.1) is 0 Å². The van der Waals surface area contributed by atoms with Gasteiger partial charge >= 0.3 is 0 Å². The van der Waals surface area contributed by atoms with Crippen LogP contribution in [0.1, 0.15) is 40.6 Å². The van der Waals surface area contributed by atoms with Gasteiger partial charge in [-0.05, 0) is 71.5 Å². The zero-order chi connectivity index (χ0) is 24.9. The highest BCUT2D eigenvalue weighted by atomic mass is 19.1. The fraction of sp³-hybridized carbons (Fsp3) is 0.194. The molecule has 1 amide bonds. The first-order valence-corrected chi connectivity index (χ1v) is 12.2. The fourth-order valence-corrected chi connectivity index (χ4v) is 4.77. The van der Waals surface area contributed by atoms with Crippen molar-refractivity contribution in [1.82, 2.24) is 4.90 Å². The molecule has 4 aromatic carbocycles. The molecule has 0 radical (unpaired) electrons. The van der Waals surface area contributed by atoms with Crippen LogP contribution in [0.4, 0.5) is 8.78 Å². The van der Waals surface area contributed by atoms with Crippen molar-refractivity contribution < 1.29 is 18.3 Å². The SMILES string of the molecule is O=C1C(c2ccc(F)cc2)C(c2ccc(OCc3ccccc3)cc2)N1CCCc1ccc(F)cc1. The third kappa shape index (κ3) is 5.30. The minimum atomic E-state index is -0.354. The molecular formula is C31H27F2NO2. The van der Waals surface area contributed by atoms with Gasteiger partial charge in [0.2, 0.25) is 5.91 Å². The molecule has 4 aromatic rings. The van der Waals surface area contributed by atoms with Crippen molar-refractivity contribution in [2.45, 2.75) is 31.4 Å². The van der Waals surface area contributed by atoms with Crippen LogP contribution in [0.5, 0.6) is 5.75 Å². The topological polar surface area (TPSA) is 29.5 Å². The van der Waals surface area contributed by atoms with Crippen molar-refractivity contribution in [2.75, 3.05) is 6.54 Å². The molecule has 0 aliphatic carbocycles. The summed E-state index contributed by atoms with van der Waals surface area (Å²) in [7, 11) is 0. The Morgan fingerprint density at radius 2 is 1.31 bits per heavy atom. The maximum Gasteiger partial charge on any atom is 0.233 e. The number of nitrogens with zero attached hydrogens (tertiary/aromatic N) is 1. The lowest BCUT2D eigenvalue weighted by Gasteiger charge is -2.48. The van der Waals surface area contributed by atoms with Gasteiger partial charge < -0.3 is 9.64 Å². The van der Waals surface area contributed by atoms with Gasteiger partial charge in [0.15, 0.2) is 0 Å². The second kappa shape index (κ2) is 10.7. The van der Waals surface area contributed by atoms with Crippen LogP contribution < -0.4 is 4.74 Å². The van der Waals surface area contributed by atoms with Gasteiger partial charge in [0.1, 0.15) is 24.0 Å². The highest BCUT2D eigenvalue weighted by Gasteiger charge is 2.48. The summed E-state index contributed by atoms with van der Waals surface area (Å²) in [6.45, 7) is 1.07. The molecule has 182 valence electrons. The summed E-state index contributed by atoms with van der Waals surface area (Å²) in [6, 6.07) is 30.4. The predicted molar refractivity (Wildman–Crippen MR) is 136 cm³/mol. The lowest BCUT2D eigenvalue weighted by Crippen LogP contribution is -2.53. The number of carbonyl (C=O) groups excluding carboxylic acids is 1. The van der Waals surface area contributed by atoms with E-state index in [1.54, 1.807) is 24.3 Å². The van der Waals surface area contributed by atoms with Crippen LogP contribution in [0.2, 0.25) is 0 Å². The van der Waals surface area contributed by atoms with Crippen LogP contribution in [-0.4, -0.2) is 17.4 Å². The Kier molecular flexibility index (Phi) is 7.08. The summed E-state index contributed by atoms with van der Waals surface area (Å²) in [5.74, 6) is -0.134. The number of rotatable bonds is 9. The summed E-state index contributed by atoms with van der Waals surface area (Å²) in [5.41, 5.74) is 3.95. The fourth-order valence-electron chi connectivity index (χ4n) is 4.77. The molecule has 1 saturated heterocycles. The van der Waals surface area contributed by atoms with E-state index in [-0.39, 0.29) is 29.5 Å². The molecule has 36 heavy (non-hydrogen) atoms. The monoisotopic (exact) mass is 483 g/mol. The number of likely N-dealkylation sites (tertiary alicyclic amines) is 1. The van der Waals surface area contributed by atoms with Crippen molar-refractivity contribution in [3.63, 3.8) is 0 Å². The van der Waals surface area contributed by atoms with Gasteiger partial charge in [0.25, 0.3) is 0 Å². The average molecular weight is 484 g/mol. The lowest BCUT2D eigenvalue weighted by atomic mass is 9.77. The Balaban J connectivity index is 1.30. The maximum absolute atomic E-state index is 13.5. The first kappa shape index (κ1) is 23.7. The largest absolute Gasteiger partial charge is 0.489 e. The zero-order valence-electron chi connectivity index (χ0n) is 19.8. The number of ether oxygens (including phenoxy) is 1. The van der Waals surface area contributed by atoms with Crippen molar-refractivity contribution in [3.8, 4) is 5.75 Å². The number of hydrogen-bond donors (Lipinski definition) is 0. The summed E-state index contributed by atoms with van der Waals surface area (Å²) >= 11 is 0. The normalized spacial score (nSPS) is 17.1. The van der Waals surface area contributed by atoms with Crippen molar-refractivity contribution in [1.29, 1.82) is 0 Å². The zero-order valence-corrected chi connectivity index (χ0v) is 19.8. The number of aryl methyl sites for hydroxylation is 1. The number of hydrogen-bond acceptors (Lipinski definition) is 2. The minimum absolute atomic E-state index is 0.0371. The van der Waals surface area contributed by atoms with Crippen LogP contribution in [0.3, 0.4) is 0 Å². The molecule has 1 heterocycles. The van der Waals surface area contributed by atoms with E-state index < -0.39 is 0 Å². The van der Waals surface area contributed by atoms with E-state index in [0.29, 0.717) is 13.2 Å². The van der Waals surface area contributed by atoms with E-state index >= 15 is 0 Å². The molecule has 1 fully saturated rings. The summed E-state index contributed by atoms with van der Waals surface area (Å²) in [5, 5.41) is 0. The minimum Gasteiger partial charge on any atom is -0.489 e. The van der Waals surface area contributed by atoms with Crippen molar-refractivity contribution in [2.24, 2.45) is 0 Å². The van der Waals surface area contributed by atoms with Crippen LogP contribution in [0.15, 0.2) is 103 Å². The van der Waals surface area contributed by atoms with Crippen molar-refractivity contribution in [3.05, 3.63) is 137 Å². The Hall–Kier alpha value is -3.99. The van der Waals surface area contributed by atoms with Gasteiger partial charge in [0, 0.05) is 6.54 Å². The summed E-state index contributed by atoms with van der Waals surface area (Å²) in [4.78, 5) is 15.1. The second-order valence-corrected chi connectivity index (χ2v) is 9.08. The Morgan fingerprint density at radius 1 is 0.694 bits per heavy atom. The van der Waals surface area contributed by atoms with E-state index in [0.717, 1.165) is 40.8 Å². The third-order valence-electron chi connectivity index (χ3n) is 6.68. The van der Waals surface area contributed by atoms with E-state index in [1.165, 1.54) is 24.3 Å². The molecule has 2 atom stereocenters. The molecule has 0 spiro atoms. The third-order valence-corrected chi connectivity index (χ3v) is 6.68. The van der Waals surface area contributed by atoms with E-state index in [2.05, 4.69) is 0 Å². The molecule has 3 nitrogen and oxygen atoms in total. The molecule has 0 N–H and O–H groups in total. The summed E-state index contributed by atoms with van der Waals surface area (Å²) in [6.07, 6.45) is 1.52. The van der Waals surface area contributed by atoms with Gasteiger partial charge in [-0.3, -0.25) is 4.79 Å². The second-order valence-electron chi connectivity index (χ2n) is 9.08. The smallest absolute Gasteiger partial charge is 0.233 e. The average Bonchev–Trinajstić information content (AvgIpc) is 2.91. The lowest BCUT2D eigenvalue weighted by molar-refractivity contribution is -0.150. The van der Waals surface area contributed by atoms with Crippen molar-refractivity contribution >= 4 is 5.91 Å². The van der Waals surface area contributed by atoms with Crippen LogP contribution in [-0.2, 0) is 17.8 Å². The van der Waals surface area contributed by atoms with Gasteiger partial charge in [-0.2, -0.15) is 0 Å². The molecule has 2 unspecified atom stereocenters. The van der Waals surface area contributed by atoms with E-state index in [9.17, 15) is 13.6 Å². The molecule has 1 aliphatic heterocycles. The Labute approximate surface area is 210 Å². The number of benzene rings is 4.